The summed E-state index contributed by atoms with van der Waals surface area (Å²) in [7, 11) is 0. The summed E-state index contributed by atoms with van der Waals surface area (Å²) >= 11 is 0. The fourth-order valence-corrected chi connectivity index (χ4v) is 4.02. The van der Waals surface area contributed by atoms with Crippen molar-refractivity contribution in [1.29, 1.82) is 0 Å². The van der Waals surface area contributed by atoms with Crippen molar-refractivity contribution in [3.8, 4) is 0 Å². The van der Waals surface area contributed by atoms with Gasteiger partial charge >= 0.3 is 0 Å². The molecule has 3 aromatic rings. The first kappa shape index (κ1) is 17.7. The van der Waals surface area contributed by atoms with Gasteiger partial charge < -0.3 is 5.32 Å². The Balaban J connectivity index is 1.31. The fraction of sp³-hybridized carbons (Fsp3) is 0.304. The minimum atomic E-state index is -0.297. The summed E-state index contributed by atoms with van der Waals surface area (Å²) in [5, 5.41) is 4.05. The van der Waals surface area contributed by atoms with E-state index >= 15 is 0 Å². The highest BCUT2D eigenvalue weighted by molar-refractivity contribution is 5.90. The van der Waals surface area contributed by atoms with Crippen LogP contribution in [0.25, 0.3) is 10.9 Å². The first-order chi connectivity index (χ1) is 13.2. The highest BCUT2D eigenvalue weighted by atomic mass is 19.1. The highest BCUT2D eigenvalue weighted by Gasteiger charge is 2.24. The molecular weight excluding hydrogens is 339 g/mol. The van der Waals surface area contributed by atoms with Crippen molar-refractivity contribution >= 4 is 22.5 Å². The van der Waals surface area contributed by atoms with Gasteiger partial charge in [-0.25, -0.2) is 4.39 Å². The molecule has 0 aliphatic heterocycles. The van der Waals surface area contributed by atoms with Gasteiger partial charge in [-0.05, 0) is 79.5 Å². The summed E-state index contributed by atoms with van der Waals surface area (Å²) in [5.74, 6) is 0.653. The zero-order valence-electron chi connectivity index (χ0n) is 15.2. The Morgan fingerprint density at radius 3 is 2.56 bits per heavy atom. The number of hydrogen-bond acceptors (Lipinski definition) is 2. The molecule has 0 radical (unpaired) electrons. The quantitative estimate of drug-likeness (QED) is 0.649. The van der Waals surface area contributed by atoms with Crippen LogP contribution in [0.3, 0.4) is 0 Å². The summed E-state index contributed by atoms with van der Waals surface area (Å²) in [6.07, 6.45) is 6.82. The smallest absolute Gasteiger partial charge is 0.224 e. The lowest BCUT2D eigenvalue weighted by molar-refractivity contribution is -0.117. The number of carbonyl (C=O) groups excluding carboxylic acids is 1. The molecule has 4 rings (SSSR count). The number of aromatic nitrogens is 1. The number of fused-ring (bicyclic) bond motifs is 1. The van der Waals surface area contributed by atoms with Gasteiger partial charge in [-0.2, -0.15) is 0 Å². The molecule has 1 fully saturated rings. The van der Waals surface area contributed by atoms with Crippen LogP contribution in [0.1, 0.15) is 43.6 Å². The van der Waals surface area contributed by atoms with E-state index in [1.165, 1.54) is 23.1 Å². The molecule has 1 saturated carbocycles. The van der Waals surface area contributed by atoms with Gasteiger partial charge in [0.25, 0.3) is 0 Å². The number of halogens is 1. The van der Waals surface area contributed by atoms with Crippen molar-refractivity contribution in [3.05, 3.63) is 72.2 Å². The number of rotatable bonds is 4. The average Bonchev–Trinajstić information content (AvgIpc) is 2.70. The van der Waals surface area contributed by atoms with Crippen LogP contribution in [-0.2, 0) is 4.79 Å². The molecule has 2 aromatic carbocycles. The van der Waals surface area contributed by atoms with E-state index in [1.807, 2.05) is 24.4 Å². The molecule has 1 N–H and O–H groups in total. The molecule has 1 aliphatic rings. The molecular formula is C23H23FN2O. The maximum absolute atomic E-state index is 12.9. The lowest BCUT2D eigenvalue weighted by Crippen LogP contribution is -2.20. The normalized spacial score (nSPS) is 19.7. The van der Waals surface area contributed by atoms with Gasteiger partial charge in [-0.1, -0.05) is 18.2 Å². The number of para-hydroxylation sites is 1. The van der Waals surface area contributed by atoms with Crippen LogP contribution in [0.2, 0.25) is 0 Å². The van der Waals surface area contributed by atoms with Crippen molar-refractivity contribution in [3.63, 3.8) is 0 Å². The topological polar surface area (TPSA) is 42.0 Å². The molecule has 27 heavy (non-hydrogen) atoms. The molecule has 0 spiro atoms. The Morgan fingerprint density at radius 2 is 1.78 bits per heavy atom. The number of anilines is 1. The number of carbonyl (C=O) groups is 1. The predicted octanol–water partition coefficient (Wildman–Crippen LogP) is 5.68. The van der Waals surface area contributed by atoms with E-state index in [0.717, 1.165) is 31.2 Å². The molecule has 0 unspecified atom stereocenters. The molecule has 0 atom stereocenters. The Hall–Kier alpha value is -2.75. The zero-order chi connectivity index (χ0) is 18.6. The summed E-state index contributed by atoms with van der Waals surface area (Å²) in [6, 6.07) is 16.4. The Bertz CT molecular complexity index is 931. The van der Waals surface area contributed by atoms with Gasteiger partial charge in [0.15, 0.2) is 0 Å². The van der Waals surface area contributed by atoms with E-state index in [2.05, 4.69) is 22.4 Å². The lowest BCUT2D eigenvalue weighted by Gasteiger charge is -2.28. The number of amides is 1. The third kappa shape index (κ3) is 4.33. The Morgan fingerprint density at radius 1 is 1.04 bits per heavy atom. The molecule has 1 aromatic heterocycles. The Kier molecular flexibility index (Phi) is 5.14. The Labute approximate surface area is 158 Å². The maximum Gasteiger partial charge on any atom is 0.224 e. The lowest BCUT2D eigenvalue weighted by atomic mass is 9.77. The molecule has 4 heteroatoms. The van der Waals surface area contributed by atoms with Crippen molar-refractivity contribution in [2.75, 3.05) is 5.32 Å². The molecule has 0 saturated heterocycles. The van der Waals surface area contributed by atoms with E-state index in [1.54, 1.807) is 12.1 Å². The van der Waals surface area contributed by atoms with Crippen LogP contribution in [-0.4, -0.2) is 10.9 Å². The largest absolute Gasteiger partial charge is 0.326 e. The second-order valence-electron chi connectivity index (χ2n) is 7.44. The van der Waals surface area contributed by atoms with Crippen molar-refractivity contribution in [1.82, 2.24) is 4.98 Å². The van der Waals surface area contributed by atoms with Crippen LogP contribution < -0.4 is 5.32 Å². The van der Waals surface area contributed by atoms with Crippen molar-refractivity contribution < 1.29 is 9.18 Å². The number of nitrogens with zero attached hydrogens (tertiary/aromatic N) is 1. The molecule has 1 amide bonds. The van der Waals surface area contributed by atoms with Gasteiger partial charge in [0.05, 0.1) is 5.52 Å². The molecule has 0 bridgehead atoms. The van der Waals surface area contributed by atoms with Gasteiger partial charge in [0.2, 0.25) is 5.91 Å². The third-order valence-corrected chi connectivity index (χ3v) is 5.53. The van der Waals surface area contributed by atoms with Crippen LogP contribution in [0.5, 0.6) is 0 Å². The first-order valence-electron chi connectivity index (χ1n) is 9.57. The van der Waals surface area contributed by atoms with Gasteiger partial charge in [-0.3, -0.25) is 9.78 Å². The van der Waals surface area contributed by atoms with Crippen LogP contribution in [0.15, 0.2) is 60.8 Å². The van der Waals surface area contributed by atoms with E-state index < -0.39 is 0 Å². The van der Waals surface area contributed by atoms with E-state index in [4.69, 9.17) is 0 Å². The van der Waals surface area contributed by atoms with E-state index in [0.29, 0.717) is 23.9 Å². The number of pyridine rings is 1. The predicted molar refractivity (Wildman–Crippen MR) is 106 cm³/mol. The molecule has 138 valence electrons. The molecule has 3 nitrogen and oxygen atoms in total. The molecule has 1 aliphatic carbocycles. The minimum absolute atomic E-state index is 0.0115. The zero-order valence-corrected chi connectivity index (χ0v) is 15.2. The standard InChI is InChI=1S/C23H23FN2O/c24-20-9-11-21(12-10-20)26-23(27)13-16-5-7-17(8-6-16)19-14-18-3-1-2-4-22(18)25-15-19/h1-4,9-12,14-17H,5-8,13H2,(H,26,27). The summed E-state index contributed by atoms with van der Waals surface area (Å²) in [4.78, 5) is 16.8. The van der Waals surface area contributed by atoms with E-state index in [9.17, 15) is 9.18 Å². The van der Waals surface area contributed by atoms with Gasteiger partial charge in [0, 0.05) is 23.7 Å². The SMILES string of the molecule is O=C(CC1CCC(c2cnc3ccccc3c2)CC1)Nc1ccc(F)cc1. The number of nitrogens with one attached hydrogen (secondary N) is 1. The third-order valence-electron chi connectivity index (χ3n) is 5.53. The summed E-state index contributed by atoms with van der Waals surface area (Å²) < 4.78 is 12.9. The van der Waals surface area contributed by atoms with Crippen LogP contribution in [0.4, 0.5) is 10.1 Å². The average molecular weight is 362 g/mol. The summed E-state index contributed by atoms with van der Waals surface area (Å²) in [5.41, 5.74) is 2.99. The van der Waals surface area contributed by atoms with Gasteiger partial charge in [-0.15, -0.1) is 0 Å². The minimum Gasteiger partial charge on any atom is -0.326 e. The van der Waals surface area contributed by atoms with Crippen molar-refractivity contribution in [2.24, 2.45) is 5.92 Å². The van der Waals surface area contributed by atoms with Gasteiger partial charge in [0.1, 0.15) is 5.82 Å². The second kappa shape index (κ2) is 7.87. The number of benzene rings is 2. The van der Waals surface area contributed by atoms with Crippen LogP contribution in [0, 0.1) is 11.7 Å². The first-order valence-corrected chi connectivity index (χ1v) is 9.57. The van der Waals surface area contributed by atoms with Crippen molar-refractivity contribution in [2.45, 2.75) is 38.0 Å². The second-order valence-corrected chi connectivity index (χ2v) is 7.44. The summed E-state index contributed by atoms with van der Waals surface area (Å²) in [6.45, 7) is 0. The number of hydrogen-bond donors (Lipinski definition) is 1. The van der Waals surface area contributed by atoms with Crippen LogP contribution >= 0.6 is 0 Å². The maximum atomic E-state index is 12.9. The fourth-order valence-electron chi connectivity index (χ4n) is 4.02. The van der Waals surface area contributed by atoms with E-state index in [-0.39, 0.29) is 11.7 Å². The monoisotopic (exact) mass is 362 g/mol. The molecule has 1 heterocycles. The highest BCUT2D eigenvalue weighted by Crippen LogP contribution is 2.37.